The topological polar surface area (TPSA) is 32.7 Å². The number of morpholine rings is 1. The maximum atomic E-state index is 8.72. The van der Waals surface area contributed by atoms with Crippen molar-refractivity contribution in [2.45, 2.75) is 50.7 Å². The van der Waals surface area contributed by atoms with Gasteiger partial charge in [0.05, 0.1) is 12.7 Å². The molecule has 1 saturated heterocycles. The van der Waals surface area contributed by atoms with Crippen LogP contribution in [0.3, 0.4) is 0 Å². The van der Waals surface area contributed by atoms with Crippen molar-refractivity contribution < 1.29 is 9.84 Å². The molecule has 1 aliphatic carbocycles. The van der Waals surface area contributed by atoms with Gasteiger partial charge in [0.25, 0.3) is 0 Å². The summed E-state index contributed by atoms with van der Waals surface area (Å²) in [6.45, 7) is 3.57. The molecular weight excluding hydrogens is 190 g/mol. The Bertz CT molecular complexity index is 186. The van der Waals surface area contributed by atoms with Crippen LogP contribution in [0.1, 0.15) is 38.5 Å². The Hall–Kier alpha value is -0.120. The average Bonchev–Trinajstić information content (AvgIpc) is 2.73. The summed E-state index contributed by atoms with van der Waals surface area (Å²) in [5, 5.41) is 8.72. The van der Waals surface area contributed by atoms with E-state index in [1.54, 1.807) is 0 Å². The van der Waals surface area contributed by atoms with Crippen molar-refractivity contribution in [3.63, 3.8) is 0 Å². The van der Waals surface area contributed by atoms with E-state index in [1.807, 2.05) is 0 Å². The molecule has 0 spiro atoms. The minimum atomic E-state index is 0.342. The second kappa shape index (κ2) is 5.83. The highest BCUT2D eigenvalue weighted by Gasteiger charge is 2.35. The smallest absolute Gasteiger partial charge is 0.0730 e. The summed E-state index contributed by atoms with van der Waals surface area (Å²) in [4.78, 5) is 2.61. The lowest BCUT2D eigenvalue weighted by Crippen LogP contribution is -2.48. The van der Waals surface area contributed by atoms with Crippen LogP contribution >= 0.6 is 0 Å². The molecule has 2 unspecified atom stereocenters. The molecule has 88 valence electrons. The van der Waals surface area contributed by atoms with E-state index in [4.69, 9.17) is 9.84 Å². The number of aliphatic hydroxyl groups excluding tert-OH is 1. The van der Waals surface area contributed by atoms with Crippen molar-refractivity contribution >= 4 is 0 Å². The molecule has 1 N–H and O–H groups in total. The van der Waals surface area contributed by atoms with Crippen LogP contribution < -0.4 is 0 Å². The fourth-order valence-electron chi connectivity index (χ4n) is 2.89. The number of hydrogen-bond donors (Lipinski definition) is 1. The average molecular weight is 213 g/mol. The molecule has 2 aliphatic rings. The van der Waals surface area contributed by atoms with E-state index < -0.39 is 0 Å². The molecule has 1 saturated carbocycles. The fourth-order valence-corrected chi connectivity index (χ4v) is 2.89. The zero-order valence-corrected chi connectivity index (χ0v) is 9.53. The largest absolute Gasteiger partial charge is 0.396 e. The van der Waals surface area contributed by atoms with Crippen LogP contribution in [0.2, 0.25) is 0 Å². The van der Waals surface area contributed by atoms with Crippen molar-refractivity contribution in [2.24, 2.45) is 0 Å². The summed E-state index contributed by atoms with van der Waals surface area (Å²) in [6, 6.07) is 0.702. The number of hydrogen-bond acceptors (Lipinski definition) is 3. The van der Waals surface area contributed by atoms with Gasteiger partial charge in [-0.2, -0.15) is 0 Å². The van der Waals surface area contributed by atoms with Gasteiger partial charge in [0.1, 0.15) is 0 Å². The molecule has 2 atom stereocenters. The van der Waals surface area contributed by atoms with Gasteiger partial charge in [0, 0.05) is 19.2 Å². The number of ether oxygens (including phenoxy) is 1. The number of unbranched alkanes of at least 4 members (excludes halogenated alkanes) is 2. The van der Waals surface area contributed by atoms with Crippen molar-refractivity contribution in [1.29, 1.82) is 0 Å². The quantitative estimate of drug-likeness (QED) is 0.701. The first-order valence-electron chi connectivity index (χ1n) is 6.38. The molecule has 3 nitrogen and oxygen atoms in total. The van der Waals surface area contributed by atoms with E-state index in [0.717, 1.165) is 26.0 Å². The molecular formula is C12H23NO2. The Morgan fingerprint density at radius 2 is 2.13 bits per heavy atom. The van der Waals surface area contributed by atoms with Crippen LogP contribution in [0, 0.1) is 0 Å². The van der Waals surface area contributed by atoms with Crippen molar-refractivity contribution in [1.82, 2.24) is 4.90 Å². The predicted molar refractivity (Wildman–Crippen MR) is 59.9 cm³/mol. The second-order valence-corrected chi connectivity index (χ2v) is 4.73. The van der Waals surface area contributed by atoms with Crippen LogP contribution in [0.4, 0.5) is 0 Å². The van der Waals surface area contributed by atoms with Gasteiger partial charge in [-0.05, 0) is 45.1 Å². The third-order valence-electron chi connectivity index (χ3n) is 3.70. The highest BCUT2D eigenvalue weighted by Crippen LogP contribution is 2.29. The lowest BCUT2D eigenvalue weighted by atomic mass is 10.1. The molecule has 0 aromatic heterocycles. The van der Waals surface area contributed by atoms with Crippen molar-refractivity contribution in [3.8, 4) is 0 Å². The number of rotatable bonds is 5. The summed E-state index contributed by atoms with van der Waals surface area (Å²) in [5.74, 6) is 0. The third-order valence-corrected chi connectivity index (χ3v) is 3.70. The first-order valence-corrected chi connectivity index (χ1v) is 6.38. The molecule has 2 fully saturated rings. The van der Waals surface area contributed by atoms with Crippen LogP contribution in [0.15, 0.2) is 0 Å². The van der Waals surface area contributed by atoms with Crippen molar-refractivity contribution in [3.05, 3.63) is 0 Å². The molecule has 0 bridgehead atoms. The third kappa shape index (κ3) is 2.92. The zero-order valence-electron chi connectivity index (χ0n) is 9.53. The van der Waals surface area contributed by atoms with E-state index in [9.17, 15) is 0 Å². The van der Waals surface area contributed by atoms with E-state index in [2.05, 4.69) is 4.90 Å². The van der Waals surface area contributed by atoms with Crippen LogP contribution in [0.25, 0.3) is 0 Å². The highest BCUT2D eigenvalue weighted by atomic mass is 16.5. The summed E-state index contributed by atoms with van der Waals surface area (Å²) >= 11 is 0. The van der Waals surface area contributed by atoms with E-state index in [1.165, 1.54) is 32.2 Å². The Morgan fingerprint density at radius 1 is 1.20 bits per heavy atom. The van der Waals surface area contributed by atoms with Gasteiger partial charge in [-0.1, -0.05) is 0 Å². The van der Waals surface area contributed by atoms with Gasteiger partial charge in [0.15, 0.2) is 0 Å². The normalized spacial score (nSPS) is 31.8. The number of fused-ring (bicyclic) bond motifs is 1. The maximum absolute atomic E-state index is 8.72. The molecule has 15 heavy (non-hydrogen) atoms. The number of nitrogens with zero attached hydrogens (tertiary/aromatic N) is 1. The Kier molecular flexibility index (Phi) is 4.42. The van der Waals surface area contributed by atoms with Crippen LogP contribution in [-0.2, 0) is 4.74 Å². The van der Waals surface area contributed by atoms with E-state index in [0.29, 0.717) is 18.8 Å². The summed E-state index contributed by atoms with van der Waals surface area (Å²) in [6.07, 6.45) is 7.79. The molecule has 2 rings (SSSR count). The zero-order chi connectivity index (χ0) is 10.5. The Balaban J connectivity index is 1.71. The first-order chi connectivity index (χ1) is 7.42. The molecule has 0 amide bonds. The molecule has 0 aromatic rings. The van der Waals surface area contributed by atoms with Crippen LogP contribution in [0.5, 0.6) is 0 Å². The number of aliphatic hydroxyl groups is 1. The molecule has 0 aromatic carbocycles. The SMILES string of the molecule is OCCCCCN1CCOC2CCCC21. The van der Waals surface area contributed by atoms with Crippen molar-refractivity contribution in [2.75, 3.05) is 26.3 Å². The minimum Gasteiger partial charge on any atom is -0.396 e. The van der Waals surface area contributed by atoms with Gasteiger partial charge >= 0.3 is 0 Å². The predicted octanol–water partition coefficient (Wildman–Crippen LogP) is 1.40. The van der Waals surface area contributed by atoms with Gasteiger partial charge in [0.2, 0.25) is 0 Å². The first kappa shape index (κ1) is 11.4. The van der Waals surface area contributed by atoms with E-state index >= 15 is 0 Å². The Labute approximate surface area is 92.4 Å². The standard InChI is InChI=1S/C12H23NO2/c14-9-3-1-2-7-13-8-10-15-12-6-4-5-11(12)13/h11-12,14H,1-10H2. The molecule has 1 aliphatic heterocycles. The van der Waals surface area contributed by atoms with Crippen LogP contribution in [-0.4, -0.2) is 48.5 Å². The minimum absolute atomic E-state index is 0.342. The fraction of sp³-hybridized carbons (Fsp3) is 1.00. The molecule has 3 heteroatoms. The summed E-state index contributed by atoms with van der Waals surface area (Å²) < 4.78 is 5.78. The molecule has 1 heterocycles. The van der Waals surface area contributed by atoms with Gasteiger partial charge in [-0.25, -0.2) is 0 Å². The molecule has 0 radical (unpaired) electrons. The summed E-state index contributed by atoms with van der Waals surface area (Å²) in [5.41, 5.74) is 0. The monoisotopic (exact) mass is 213 g/mol. The lowest BCUT2D eigenvalue weighted by Gasteiger charge is -2.37. The summed E-state index contributed by atoms with van der Waals surface area (Å²) in [7, 11) is 0. The highest BCUT2D eigenvalue weighted by molar-refractivity contribution is 4.89. The maximum Gasteiger partial charge on any atom is 0.0730 e. The Morgan fingerprint density at radius 3 is 3.00 bits per heavy atom. The van der Waals surface area contributed by atoms with Gasteiger partial charge in [-0.3, -0.25) is 4.90 Å². The van der Waals surface area contributed by atoms with Gasteiger partial charge in [-0.15, -0.1) is 0 Å². The second-order valence-electron chi connectivity index (χ2n) is 4.73. The van der Waals surface area contributed by atoms with Gasteiger partial charge < -0.3 is 9.84 Å². The lowest BCUT2D eigenvalue weighted by molar-refractivity contribution is -0.0559. The van der Waals surface area contributed by atoms with E-state index in [-0.39, 0.29) is 0 Å².